The molecule has 0 spiro atoms. The first-order chi connectivity index (χ1) is 18.9. The molecule has 1 fully saturated rings. The molecule has 0 bridgehead atoms. The Balaban J connectivity index is 0.000000470. The van der Waals surface area contributed by atoms with Gasteiger partial charge in [0.1, 0.15) is 5.82 Å². The SMILES string of the molecule is FC(F)(F)c1ccc2nc(-c3ccc(-c4cccc(CNCC5CCCO5)c4)cc3)[nH]c2c1.O=C(O)C(F)(F)F. The average Bonchev–Trinajstić information content (AvgIpc) is 3.58. The van der Waals surface area contributed by atoms with Gasteiger partial charge in [-0.1, -0.05) is 42.5 Å². The highest BCUT2D eigenvalue weighted by Crippen LogP contribution is 2.32. The van der Waals surface area contributed by atoms with Gasteiger partial charge in [0.2, 0.25) is 0 Å². The molecular formula is C28H25F6N3O3. The van der Waals surface area contributed by atoms with Crippen molar-refractivity contribution in [2.45, 2.75) is 37.8 Å². The smallest absolute Gasteiger partial charge is 0.475 e. The molecule has 0 amide bonds. The molecule has 3 aromatic carbocycles. The molecule has 212 valence electrons. The van der Waals surface area contributed by atoms with Gasteiger partial charge >= 0.3 is 18.3 Å². The Kier molecular flexibility index (Phi) is 8.79. The Bertz CT molecular complexity index is 1440. The number of aliphatic carboxylic acids is 1. The van der Waals surface area contributed by atoms with Crippen molar-refractivity contribution in [3.8, 4) is 22.5 Å². The van der Waals surface area contributed by atoms with Crippen molar-refractivity contribution in [3.63, 3.8) is 0 Å². The zero-order valence-corrected chi connectivity index (χ0v) is 20.9. The molecule has 1 aliphatic heterocycles. The molecule has 40 heavy (non-hydrogen) atoms. The Morgan fingerprint density at radius 3 is 2.30 bits per heavy atom. The molecule has 5 rings (SSSR count). The summed E-state index contributed by atoms with van der Waals surface area (Å²) in [5.74, 6) is -2.21. The van der Waals surface area contributed by atoms with Crippen molar-refractivity contribution in [1.29, 1.82) is 0 Å². The van der Waals surface area contributed by atoms with Gasteiger partial charge < -0.3 is 20.1 Å². The van der Waals surface area contributed by atoms with E-state index in [2.05, 4.69) is 33.5 Å². The van der Waals surface area contributed by atoms with E-state index in [9.17, 15) is 26.3 Å². The van der Waals surface area contributed by atoms with Gasteiger partial charge in [0.15, 0.2) is 0 Å². The van der Waals surface area contributed by atoms with Crippen LogP contribution in [0.4, 0.5) is 26.3 Å². The van der Waals surface area contributed by atoms with Crippen LogP contribution in [0.15, 0.2) is 66.7 Å². The third-order valence-corrected chi connectivity index (χ3v) is 6.20. The maximum atomic E-state index is 13.0. The van der Waals surface area contributed by atoms with Crippen molar-refractivity contribution in [2.24, 2.45) is 0 Å². The maximum absolute atomic E-state index is 13.0. The van der Waals surface area contributed by atoms with Crippen molar-refractivity contribution in [3.05, 3.63) is 77.9 Å². The van der Waals surface area contributed by atoms with Gasteiger partial charge in [-0.3, -0.25) is 0 Å². The van der Waals surface area contributed by atoms with Gasteiger partial charge in [-0.25, -0.2) is 9.78 Å². The summed E-state index contributed by atoms with van der Waals surface area (Å²) in [6.07, 6.45) is -6.89. The Morgan fingerprint density at radius 2 is 1.68 bits per heavy atom. The minimum atomic E-state index is -5.08. The van der Waals surface area contributed by atoms with Crippen molar-refractivity contribution < 1.29 is 41.0 Å². The van der Waals surface area contributed by atoms with Gasteiger partial charge in [-0.2, -0.15) is 26.3 Å². The van der Waals surface area contributed by atoms with E-state index in [4.69, 9.17) is 14.6 Å². The molecule has 1 saturated heterocycles. The number of aromatic nitrogens is 2. The van der Waals surface area contributed by atoms with Crippen LogP contribution in [0.1, 0.15) is 24.0 Å². The van der Waals surface area contributed by atoms with Crippen LogP contribution in [0, 0.1) is 0 Å². The number of hydrogen-bond donors (Lipinski definition) is 3. The molecule has 0 aliphatic carbocycles. The molecule has 1 atom stereocenters. The van der Waals surface area contributed by atoms with Gasteiger partial charge in [0.25, 0.3) is 0 Å². The van der Waals surface area contributed by atoms with E-state index >= 15 is 0 Å². The standard InChI is InChI=1S/C26H24F3N3O.C2HF3O2/c27-26(28,29)21-10-11-23-24(14-21)32-25(31-23)19-8-6-18(7-9-19)20-4-1-3-17(13-20)15-30-16-22-5-2-12-33-22;3-2(4,5)1(6)7/h1,3-4,6-11,13-14,22,30H,2,5,12,15-16H2,(H,31,32);(H,6,7). The van der Waals surface area contributed by atoms with Gasteiger partial charge in [-0.05, 0) is 53.8 Å². The number of carbonyl (C=O) groups is 1. The lowest BCUT2D eigenvalue weighted by Crippen LogP contribution is -2.25. The summed E-state index contributed by atoms with van der Waals surface area (Å²) in [6, 6.07) is 19.8. The summed E-state index contributed by atoms with van der Waals surface area (Å²) < 4.78 is 76.3. The summed E-state index contributed by atoms with van der Waals surface area (Å²) in [5.41, 5.74) is 4.38. The van der Waals surface area contributed by atoms with Crippen LogP contribution >= 0.6 is 0 Å². The van der Waals surface area contributed by atoms with Crippen molar-refractivity contribution >= 4 is 17.0 Å². The number of fused-ring (bicyclic) bond motifs is 1. The second kappa shape index (κ2) is 12.1. The Hall–Kier alpha value is -3.90. The molecule has 1 unspecified atom stereocenters. The number of alkyl halides is 6. The largest absolute Gasteiger partial charge is 0.490 e. The number of carboxylic acid groups (broad SMARTS) is 1. The Morgan fingerprint density at radius 1 is 0.975 bits per heavy atom. The van der Waals surface area contributed by atoms with Crippen molar-refractivity contribution in [2.75, 3.05) is 13.2 Å². The number of rotatable bonds is 6. The van der Waals surface area contributed by atoms with Crippen LogP contribution in [-0.4, -0.2) is 46.5 Å². The number of halogens is 6. The number of ether oxygens (including phenoxy) is 1. The van der Waals surface area contributed by atoms with E-state index < -0.39 is 23.9 Å². The lowest BCUT2D eigenvalue weighted by molar-refractivity contribution is -0.192. The molecule has 1 aliphatic rings. The number of imidazole rings is 1. The average molecular weight is 566 g/mol. The number of hydrogen-bond acceptors (Lipinski definition) is 4. The predicted octanol–water partition coefficient (Wildman–Crippen LogP) is 6.82. The molecule has 12 heteroatoms. The number of nitrogens with zero attached hydrogens (tertiary/aromatic N) is 1. The highest BCUT2D eigenvalue weighted by Gasteiger charge is 2.38. The quantitative estimate of drug-likeness (QED) is 0.224. The molecule has 1 aromatic heterocycles. The highest BCUT2D eigenvalue weighted by molar-refractivity contribution is 5.80. The fraction of sp³-hybridized carbons (Fsp3) is 0.286. The number of nitrogens with one attached hydrogen (secondary N) is 2. The number of H-pyrrole nitrogens is 1. The van der Waals surface area contributed by atoms with Crippen LogP contribution < -0.4 is 5.32 Å². The Labute approximate surface area is 225 Å². The second-order valence-corrected chi connectivity index (χ2v) is 9.16. The maximum Gasteiger partial charge on any atom is 0.490 e. The second-order valence-electron chi connectivity index (χ2n) is 9.16. The van der Waals surface area contributed by atoms with E-state index in [1.807, 2.05) is 30.3 Å². The topological polar surface area (TPSA) is 87.2 Å². The number of carboxylic acids is 1. The van der Waals surface area contributed by atoms with Crippen molar-refractivity contribution in [1.82, 2.24) is 15.3 Å². The third kappa shape index (κ3) is 7.60. The lowest BCUT2D eigenvalue weighted by Gasteiger charge is -2.11. The van der Waals surface area contributed by atoms with E-state index in [0.29, 0.717) is 23.0 Å². The minimum absolute atomic E-state index is 0.319. The van der Waals surface area contributed by atoms with E-state index in [1.165, 1.54) is 11.6 Å². The minimum Gasteiger partial charge on any atom is -0.475 e. The van der Waals surface area contributed by atoms with Gasteiger partial charge in [-0.15, -0.1) is 0 Å². The third-order valence-electron chi connectivity index (χ3n) is 6.20. The van der Waals surface area contributed by atoms with E-state index in [0.717, 1.165) is 61.4 Å². The molecular weight excluding hydrogens is 540 g/mol. The number of aromatic amines is 1. The molecule has 6 nitrogen and oxygen atoms in total. The summed E-state index contributed by atoms with van der Waals surface area (Å²) in [4.78, 5) is 16.4. The zero-order chi connectivity index (χ0) is 28.9. The fourth-order valence-corrected chi connectivity index (χ4v) is 4.19. The zero-order valence-electron chi connectivity index (χ0n) is 20.9. The van der Waals surface area contributed by atoms with E-state index in [1.54, 1.807) is 0 Å². The lowest BCUT2D eigenvalue weighted by atomic mass is 10.0. The van der Waals surface area contributed by atoms with Crippen LogP contribution in [0.25, 0.3) is 33.5 Å². The van der Waals surface area contributed by atoms with Gasteiger partial charge in [0.05, 0.1) is 22.7 Å². The summed E-state index contributed by atoms with van der Waals surface area (Å²) >= 11 is 0. The normalized spacial score (nSPS) is 15.6. The molecule has 0 saturated carbocycles. The predicted molar refractivity (Wildman–Crippen MR) is 136 cm³/mol. The van der Waals surface area contributed by atoms with E-state index in [-0.39, 0.29) is 0 Å². The molecule has 0 radical (unpaired) electrons. The van der Waals surface area contributed by atoms with Crippen LogP contribution in [0.5, 0.6) is 0 Å². The highest BCUT2D eigenvalue weighted by atomic mass is 19.4. The fourth-order valence-electron chi connectivity index (χ4n) is 4.19. The summed E-state index contributed by atoms with van der Waals surface area (Å²) in [5, 5.41) is 10.6. The first-order valence-corrected chi connectivity index (χ1v) is 12.3. The van der Waals surface area contributed by atoms with Crippen LogP contribution in [0.2, 0.25) is 0 Å². The molecule has 4 aromatic rings. The van der Waals surface area contributed by atoms with Crippen LogP contribution in [-0.2, 0) is 22.3 Å². The molecule has 3 N–H and O–H groups in total. The van der Waals surface area contributed by atoms with Gasteiger partial charge in [0, 0.05) is 25.3 Å². The summed E-state index contributed by atoms with van der Waals surface area (Å²) in [6.45, 7) is 2.51. The monoisotopic (exact) mass is 565 g/mol. The molecule has 2 heterocycles. The van der Waals surface area contributed by atoms with Crippen LogP contribution in [0.3, 0.4) is 0 Å². The summed E-state index contributed by atoms with van der Waals surface area (Å²) in [7, 11) is 0. The first-order valence-electron chi connectivity index (χ1n) is 12.3. The first kappa shape index (κ1) is 29.1. The number of benzene rings is 3.